The molecule has 1 aromatic heterocycles. The average Bonchev–Trinajstić information content (AvgIpc) is 2.80. The Hall–Kier alpha value is -2.97. The van der Waals surface area contributed by atoms with Gasteiger partial charge in [0.15, 0.2) is 0 Å². The molecule has 9 heteroatoms. The average molecular weight is 308 g/mol. The molecule has 0 saturated heterocycles. The highest BCUT2D eigenvalue weighted by Crippen LogP contribution is 2.15. The second-order valence-electron chi connectivity index (χ2n) is 4.42. The number of nitrogens with one attached hydrogen (secondary N) is 1. The zero-order valence-electron chi connectivity index (χ0n) is 11.4. The fraction of sp³-hybridized carbons (Fsp3) is 0.231. The van der Waals surface area contributed by atoms with Gasteiger partial charge < -0.3 is 10.2 Å². The van der Waals surface area contributed by atoms with Gasteiger partial charge in [-0.2, -0.15) is 4.68 Å². The summed E-state index contributed by atoms with van der Waals surface area (Å²) in [4.78, 5) is 33.3. The van der Waals surface area contributed by atoms with Crippen LogP contribution in [0.5, 0.6) is 0 Å². The third-order valence-corrected chi connectivity index (χ3v) is 2.73. The Morgan fingerprint density at radius 1 is 1.32 bits per heavy atom. The Morgan fingerprint density at radius 3 is 2.64 bits per heavy atom. The molecule has 3 N–H and O–H groups in total. The van der Waals surface area contributed by atoms with Crippen LogP contribution in [0.4, 0.5) is 9.18 Å². The first-order valence-electron chi connectivity index (χ1n) is 6.39. The second-order valence-corrected chi connectivity index (χ2v) is 4.42. The van der Waals surface area contributed by atoms with E-state index in [0.29, 0.717) is 5.56 Å². The van der Waals surface area contributed by atoms with Crippen molar-refractivity contribution in [1.29, 1.82) is 0 Å². The van der Waals surface area contributed by atoms with Crippen LogP contribution >= 0.6 is 0 Å². The Bertz CT molecular complexity index is 735. The van der Waals surface area contributed by atoms with Crippen LogP contribution in [0.2, 0.25) is 0 Å². The predicted octanol–water partition coefficient (Wildman–Crippen LogP) is 0.617. The lowest BCUT2D eigenvalue weighted by molar-refractivity contribution is -0.120. The summed E-state index contributed by atoms with van der Waals surface area (Å²) in [6.07, 6.45) is 0.280. The number of nitrogens with zero attached hydrogens (tertiary/aromatic N) is 2. The lowest BCUT2D eigenvalue weighted by Gasteiger charge is -2.00. The molecule has 8 nitrogen and oxygen atoms in total. The Kier molecular flexibility index (Phi) is 4.66. The quantitative estimate of drug-likeness (QED) is 0.838. The number of hydrogen-bond acceptors (Lipinski definition) is 5. The Balaban J connectivity index is 1.98. The molecule has 0 bridgehead atoms. The van der Waals surface area contributed by atoms with Crippen molar-refractivity contribution in [3.05, 3.63) is 40.6 Å². The summed E-state index contributed by atoms with van der Waals surface area (Å²) in [6.45, 7) is 0.135. The molecule has 1 aromatic carbocycles. The molecule has 2 aromatic rings. The van der Waals surface area contributed by atoms with Crippen LogP contribution in [0.15, 0.2) is 33.5 Å². The van der Waals surface area contributed by atoms with Crippen LogP contribution in [-0.4, -0.2) is 21.7 Å². The highest BCUT2D eigenvalue weighted by Gasteiger charge is 2.11. The zero-order chi connectivity index (χ0) is 16.1. The number of aryl methyl sites for hydroxylation is 1. The van der Waals surface area contributed by atoms with Crippen molar-refractivity contribution in [3.63, 3.8) is 0 Å². The van der Waals surface area contributed by atoms with Crippen molar-refractivity contribution in [1.82, 2.24) is 15.1 Å². The number of primary amides is 1. The number of carbonyl (C=O) groups excluding carboxylic acids is 2. The monoisotopic (exact) mass is 308 g/mol. The number of benzene rings is 1. The smallest absolute Gasteiger partial charge is 0.388 e. The maximum Gasteiger partial charge on any atom is 0.437 e. The molecule has 0 unspecified atom stereocenters. The molecule has 0 saturated carbocycles. The van der Waals surface area contributed by atoms with Crippen LogP contribution in [0, 0.1) is 5.82 Å². The molecule has 1 heterocycles. The summed E-state index contributed by atoms with van der Waals surface area (Å²) < 4.78 is 18.8. The third-order valence-electron chi connectivity index (χ3n) is 2.73. The predicted molar refractivity (Wildman–Crippen MR) is 73.1 cm³/mol. The van der Waals surface area contributed by atoms with Crippen LogP contribution < -0.4 is 16.8 Å². The first kappa shape index (κ1) is 15.4. The van der Waals surface area contributed by atoms with E-state index in [-0.39, 0.29) is 25.3 Å². The standard InChI is InChI=1S/C13H13FN4O4/c14-9-5-3-8(4-6-9)11-17-18(13(21)22-11)7-1-2-10(19)16-12(15)20/h3-6H,1-2,7H2,(H3,15,16,19,20). The maximum absolute atomic E-state index is 12.8. The molecular weight excluding hydrogens is 295 g/mol. The molecule has 0 aliphatic heterocycles. The molecule has 0 fully saturated rings. The van der Waals surface area contributed by atoms with Gasteiger partial charge in [0.1, 0.15) is 5.82 Å². The van der Waals surface area contributed by atoms with Crippen molar-refractivity contribution < 1.29 is 18.4 Å². The number of hydrogen-bond donors (Lipinski definition) is 2. The number of amides is 3. The van der Waals surface area contributed by atoms with Gasteiger partial charge in [0, 0.05) is 18.5 Å². The van der Waals surface area contributed by atoms with E-state index in [0.717, 1.165) is 4.68 Å². The fourth-order valence-electron chi connectivity index (χ4n) is 1.75. The zero-order valence-corrected chi connectivity index (χ0v) is 11.4. The highest BCUT2D eigenvalue weighted by molar-refractivity contribution is 5.93. The fourth-order valence-corrected chi connectivity index (χ4v) is 1.75. The largest absolute Gasteiger partial charge is 0.437 e. The van der Waals surface area contributed by atoms with E-state index in [2.05, 4.69) is 5.10 Å². The van der Waals surface area contributed by atoms with Gasteiger partial charge in [-0.1, -0.05) is 0 Å². The molecular formula is C13H13FN4O4. The Labute approximate surface area is 123 Å². The van der Waals surface area contributed by atoms with Crippen molar-refractivity contribution in [2.24, 2.45) is 5.73 Å². The molecule has 0 radical (unpaired) electrons. The van der Waals surface area contributed by atoms with Gasteiger partial charge in [-0.05, 0) is 30.7 Å². The van der Waals surface area contributed by atoms with Gasteiger partial charge >= 0.3 is 11.8 Å². The normalized spacial score (nSPS) is 10.4. The summed E-state index contributed by atoms with van der Waals surface area (Å²) >= 11 is 0. The molecule has 0 atom stereocenters. The maximum atomic E-state index is 12.8. The lowest BCUT2D eigenvalue weighted by atomic mass is 10.2. The van der Waals surface area contributed by atoms with Gasteiger partial charge in [-0.15, -0.1) is 5.10 Å². The topological polar surface area (TPSA) is 120 Å². The second kappa shape index (κ2) is 6.66. The molecule has 22 heavy (non-hydrogen) atoms. The van der Waals surface area contributed by atoms with Crippen molar-refractivity contribution >= 4 is 11.9 Å². The third kappa shape index (κ3) is 4.01. The highest BCUT2D eigenvalue weighted by atomic mass is 19.1. The first-order valence-corrected chi connectivity index (χ1v) is 6.39. The van der Waals surface area contributed by atoms with Crippen LogP contribution in [-0.2, 0) is 11.3 Å². The molecule has 116 valence electrons. The number of nitrogens with two attached hydrogens (primary N) is 1. The van der Waals surface area contributed by atoms with E-state index >= 15 is 0 Å². The van der Waals surface area contributed by atoms with Gasteiger partial charge in [0.05, 0.1) is 0 Å². The number of imide groups is 1. The van der Waals surface area contributed by atoms with Crippen LogP contribution in [0.1, 0.15) is 12.8 Å². The number of aromatic nitrogens is 2. The van der Waals surface area contributed by atoms with Crippen molar-refractivity contribution in [2.45, 2.75) is 19.4 Å². The van der Waals surface area contributed by atoms with Crippen molar-refractivity contribution in [2.75, 3.05) is 0 Å². The summed E-state index contributed by atoms with van der Waals surface area (Å²) in [5, 5.41) is 5.87. The van der Waals surface area contributed by atoms with E-state index in [9.17, 15) is 18.8 Å². The van der Waals surface area contributed by atoms with Gasteiger partial charge in [0.2, 0.25) is 11.8 Å². The van der Waals surface area contributed by atoms with E-state index in [1.54, 1.807) is 0 Å². The van der Waals surface area contributed by atoms with Gasteiger partial charge in [-0.25, -0.2) is 14.0 Å². The molecule has 0 spiro atoms. The summed E-state index contributed by atoms with van der Waals surface area (Å²) in [7, 11) is 0. The minimum Gasteiger partial charge on any atom is -0.388 e. The van der Waals surface area contributed by atoms with E-state index in [1.165, 1.54) is 24.3 Å². The lowest BCUT2D eigenvalue weighted by Crippen LogP contribution is -2.35. The Morgan fingerprint density at radius 2 is 2.00 bits per heavy atom. The summed E-state index contributed by atoms with van der Waals surface area (Å²) in [5.74, 6) is -1.57. The van der Waals surface area contributed by atoms with Crippen molar-refractivity contribution in [3.8, 4) is 11.5 Å². The van der Waals surface area contributed by atoms with Crippen LogP contribution in [0.25, 0.3) is 11.5 Å². The number of halogens is 1. The molecule has 3 amide bonds. The van der Waals surface area contributed by atoms with E-state index < -0.39 is 23.5 Å². The minimum absolute atomic E-state index is 0.00806. The van der Waals surface area contributed by atoms with E-state index in [1.807, 2.05) is 5.32 Å². The van der Waals surface area contributed by atoms with E-state index in [4.69, 9.17) is 10.2 Å². The number of urea groups is 1. The van der Waals surface area contributed by atoms with Gasteiger partial charge in [0.25, 0.3) is 0 Å². The molecule has 0 aliphatic carbocycles. The van der Waals surface area contributed by atoms with Crippen LogP contribution in [0.3, 0.4) is 0 Å². The van der Waals surface area contributed by atoms with Gasteiger partial charge in [-0.3, -0.25) is 10.1 Å². The molecule has 2 rings (SSSR count). The summed E-state index contributed by atoms with van der Waals surface area (Å²) in [6, 6.07) is 4.39. The minimum atomic E-state index is -0.929. The number of rotatable bonds is 5. The SMILES string of the molecule is NC(=O)NC(=O)CCCn1nc(-c2ccc(F)cc2)oc1=O. The first-order chi connectivity index (χ1) is 10.5. The molecule has 0 aliphatic rings. The number of carbonyl (C=O) groups is 2. The summed E-state index contributed by atoms with van der Waals surface area (Å²) in [5.41, 5.74) is 5.26.